The highest BCUT2D eigenvalue weighted by atomic mass is 79.9. The number of hydrogen-bond acceptors (Lipinski definition) is 2. The van der Waals surface area contributed by atoms with Gasteiger partial charge in [-0.2, -0.15) is 0 Å². The molecule has 1 aromatic rings. The van der Waals surface area contributed by atoms with Crippen LogP contribution in [0.4, 0.5) is 0 Å². The second-order valence-electron chi connectivity index (χ2n) is 2.40. The zero-order valence-electron chi connectivity index (χ0n) is 6.58. The fourth-order valence-corrected chi connectivity index (χ4v) is 1.31. The molecule has 0 spiro atoms. The molecular formula is C8H9BrN2O. The number of halogens is 1. The van der Waals surface area contributed by atoms with Gasteiger partial charge in [0.15, 0.2) is 5.84 Å². The number of nitrogens with two attached hydrogens (primary N) is 1. The van der Waals surface area contributed by atoms with Crippen molar-refractivity contribution in [3.05, 3.63) is 33.8 Å². The summed E-state index contributed by atoms with van der Waals surface area (Å²) in [6.45, 7) is 1.90. The summed E-state index contributed by atoms with van der Waals surface area (Å²) in [4.78, 5) is 0. The molecule has 0 aliphatic carbocycles. The average molecular weight is 229 g/mol. The molecule has 0 unspecified atom stereocenters. The topological polar surface area (TPSA) is 58.6 Å². The Morgan fingerprint density at radius 1 is 1.58 bits per heavy atom. The van der Waals surface area contributed by atoms with Gasteiger partial charge in [-0.1, -0.05) is 33.2 Å². The van der Waals surface area contributed by atoms with Gasteiger partial charge in [0, 0.05) is 10.0 Å². The second-order valence-corrected chi connectivity index (χ2v) is 3.25. The van der Waals surface area contributed by atoms with Crippen molar-refractivity contribution in [2.75, 3.05) is 0 Å². The van der Waals surface area contributed by atoms with Crippen LogP contribution in [0, 0.1) is 6.92 Å². The van der Waals surface area contributed by atoms with E-state index in [4.69, 9.17) is 10.9 Å². The average Bonchev–Trinajstić information content (AvgIpc) is 2.08. The van der Waals surface area contributed by atoms with E-state index in [0.717, 1.165) is 15.6 Å². The molecule has 64 valence electrons. The van der Waals surface area contributed by atoms with Crippen LogP contribution in [0.5, 0.6) is 0 Å². The lowest BCUT2D eigenvalue weighted by Gasteiger charge is -2.04. The summed E-state index contributed by atoms with van der Waals surface area (Å²) in [6.07, 6.45) is 0. The number of nitrogens with zero attached hydrogens (tertiary/aromatic N) is 1. The maximum absolute atomic E-state index is 8.45. The summed E-state index contributed by atoms with van der Waals surface area (Å²) in [5, 5.41) is 11.4. The van der Waals surface area contributed by atoms with E-state index in [1.165, 1.54) is 0 Å². The maximum atomic E-state index is 8.45. The molecule has 12 heavy (non-hydrogen) atoms. The number of amidine groups is 1. The van der Waals surface area contributed by atoms with Crippen molar-refractivity contribution in [1.29, 1.82) is 0 Å². The Morgan fingerprint density at radius 2 is 2.25 bits per heavy atom. The van der Waals surface area contributed by atoms with Crippen molar-refractivity contribution in [3.8, 4) is 0 Å². The molecule has 0 atom stereocenters. The van der Waals surface area contributed by atoms with Crippen LogP contribution in [0.1, 0.15) is 11.1 Å². The van der Waals surface area contributed by atoms with Crippen LogP contribution < -0.4 is 5.73 Å². The fourth-order valence-electron chi connectivity index (χ4n) is 0.939. The van der Waals surface area contributed by atoms with Crippen LogP contribution in [0.3, 0.4) is 0 Å². The normalized spacial score (nSPS) is 11.7. The highest BCUT2D eigenvalue weighted by Gasteiger charge is 2.04. The highest BCUT2D eigenvalue weighted by molar-refractivity contribution is 9.10. The molecule has 0 saturated carbocycles. The van der Waals surface area contributed by atoms with E-state index in [9.17, 15) is 0 Å². The Bertz CT molecular complexity index is 323. The Labute approximate surface area is 79.0 Å². The summed E-state index contributed by atoms with van der Waals surface area (Å²) in [5.74, 6) is 0.133. The number of benzene rings is 1. The van der Waals surface area contributed by atoms with Gasteiger partial charge in [-0.15, -0.1) is 0 Å². The van der Waals surface area contributed by atoms with Crippen LogP contribution >= 0.6 is 15.9 Å². The van der Waals surface area contributed by atoms with Crippen LogP contribution in [0.15, 0.2) is 27.8 Å². The first-order chi connectivity index (χ1) is 5.66. The molecule has 1 rings (SSSR count). The van der Waals surface area contributed by atoms with Crippen molar-refractivity contribution in [2.24, 2.45) is 10.9 Å². The molecule has 0 radical (unpaired) electrons. The Hall–Kier alpha value is -1.03. The van der Waals surface area contributed by atoms with E-state index in [1.54, 1.807) is 6.07 Å². The molecule has 0 aromatic heterocycles. The molecule has 3 N–H and O–H groups in total. The van der Waals surface area contributed by atoms with E-state index >= 15 is 0 Å². The van der Waals surface area contributed by atoms with Gasteiger partial charge in [0.2, 0.25) is 0 Å². The van der Waals surface area contributed by atoms with Crippen molar-refractivity contribution >= 4 is 21.8 Å². The molecule has 0 saturated heterocycles. The molecule has 4 heteroatoms. The van der Waals surface area contributed by atoms with Gasteiger partial charge < -0.3 is 10.9 Å². The van der Waals surface area contributed by atoms with Crippen LogP contribution in [-0.4, -0.2) is 11.0 Å². The smallest absolute Gasteiger partial charge is 0.170 e. The van der Waals surface area contributed by atoms with E-state index in [1.807, 2.05) is 19.1 Å². The minimum absolute atomic E-state index is 0.133. The molecule has 0 bridgehead atoms. The summed E-state index contributed by atoms with van der Waals surface area (Å²) in [6, 6.07) is 5.54. The van der Waals surface area contributed by atoms with Crippen LogP contribution in [0.2, 0.25) is 0 Å². The Kier molecular flexibility index (Phi) is 2.70. The third kappa shape index (κ3) is 1.58. The minimum Gasteiger partial charge on any atom is -0.409 e. The molecule has 0 heterocycles. The molecule has 0 aliphatic heterocycles. The van der Waals surface area contributed by atoms with Gasteiger partial charge in [0.05, 0.1) is 0 Å². The van der Waals surface area contributed by atoms with E-state index in [2.05, 4.69) is 21.1 Å². The first-order valence-electron chi connectivity index (χ1n) is 3.40. The maximum Gasteiger partial charge on any atom is 0.170 e. The number of oxime groups is 1. The van der Waals surface area contributed by atoms with E-state index in [-0.39, 0.29) is 5.84 Å². The van der Waals surface area contributed by atoms with Gasteiger partial charge >= 0.3 is 0 Å². The van der Waals surface area contributed by atoms with Gasteiger partial charge in [0.25, 0.3) is 0 Å². The number of rotatable bonds is 1. The largest absolute Gasteiger partial charge is 0.409 e. The van der Waals surface area contributed by atoms with E-state index < -0.39 is 0 Å². The zero-order chi connectivity index (χ0) is 9.14. The lowest BCUT2D eigenvalue weighted by molar-refractivity contribution is 0.318. The minimum atomic E-state index is 0.133. The van der Waals surface area contributed by atoms with Crippen molar-refractivity contribution in [3.63, 3.8) is 0 Å². The molecule has 0 aliphatic rings. The lowest BCUT2D eigenvalue weighted by atomic mass is 10.1. The summed E-state index contributed by atoms with van der Waals surface area (Å²) < 4.78 is 0.951. The second kappa shape index (κ2) is 3.58. The van der Waals surface area contributed by atoms with Crippen molar-refractivity contribution < 1.29 is 5.21 Å². The highest BCUT2D eigenvalue weighted by Crippen LogP contribution is 2.18. The number of hydrogen-bond donors (Lipinski definition) is 2. The Morgan fingerprint density at radius 3 is 2.83 bits per heavy atom. The quantitative estimate of drug-likeness (QED) is 0.334. The summed E-state index contributed by atoms with van der Waals surface area (Å²) in [7, 11) is 0. The van der Waals surface area contributed by atoms with Crippen molar-refractivity contribution in [1.82, 2.24) is 0 Å². The van der Waals surface area contributed by atoms with E-state index in [0.29, 0.717) is 0 Å². The summed E-state index contributed by atoms with van der Waals surface area (Å²) in [5.41, 5.74) is 7.15. The predicted molar refractivity (Wildman–Crippen MR) is 51.4 cm³/mol. The molecule has 0 fully saturated rings. The van der Waals surface area contributed by atoms with Gasteiger partial charge in [-0.05, 0) is 18.6 Å². The lowest BCUT2D eigenvalue weighted by Crippen LogP contribution is -2.14. The first kappa shape index (κ1) is 9.06. The first-order valence-corrected chi connectivity index (χ1v) is 4.19. The molecule has 0 amide bonds. The molecule has 1 aromatic carbocycles. The monoisotopic (exact) mass is 228 g/mol. The summed E-state index contributed by atoms with van der Waals surface area (Å²) >= 11 is 3.35. The molecular weight excluding hydrogens is 220 g/mol. The Balaban J connectivity index is 3.26. The van der Waals surface area contributed by atoms with Crippen LogP contribution in [0.25, 0.3) is 0 Å². The zero-order valence-corrected chi connectivity index (χ0v) is 8.17. The third-order valence-corrected chi connectivity index (χ3v) is 2.51. The van der Waals surface area contributed by atoms with Crippen LogP contribution in [-0.2, 0) is 0 Å². The third-order valence-electron chi connectivity index (χ3n) is 1.65. The molecule has 3 nitrogen and oxygen atoms in total. The van der Waals surface area contributed by atoms with Crippen molar-refractivity contribution in [2.45, 2.75) is 6.92 Å². The van der Waals surface area contributed by atoms with Gasteiger partial charge in [-0.25, -0.2) is 0 Å². The fraction of sp³-hybridized carbons (Fsp3) is 0.125. The van der Waals surface area contributed by atoms with Gasteiger partial charge in [0.1, 0.15) is 0 Å². The SMILES string of the molecule is Cc1c(Br)cccc1/C(N)=N/O. The van der Waals surface area contributed by atoms with Gasteiger partial charge in [-0.3, -0.25) is 0 Å². The predicted octanol–water partition coefficient (Wildman–Crippen LogP) is 1.85. The standard InChI is InChI=1S/C8H9BrN2O/c1-5-6(8(10)11-12)3-2-4-7(5)9/h2-4,12H,1H3,(H2,10,11).